The summed E-state index contributed by atoms with van der Waals surface area (Å²) >= 11 is 15.4. The highest BCUT2D eigenvalue weighted by Gasteiger charge is 2.05. The van der Waals surface area contributed by atoms with Gasteiger partial charge in [-0.1, -0.05) is 39.1 Å². The molecule has 2 aromatic carbocycles. The molecule has 2 rings (SSSR count). The molecule has 0 bridgehead atoms. The number of benzene rings is 2. The Morgan fingerprint density at radius 2 is 1.84 bits per heavy atom. The molecule has 0 radical (unpaired) electrons. The Labute approximate surface area is 129 Å². The third-order valence-corrected chi connectivity index (χ3v) is 3.83. The van der Waals surface area contributed by atoms with Gasteiger partial charge in [-0.15, -0.1) is 0 Å². The van der Waals surface area contributed by atoms with E-state index in [1.165, 1.54) is 12.1 Å². The van der Waals surface area contributed by atoms with Gasteiger partial charge in [-0.25, -0.2) is 4.39 Å². The highest BCUT2D eigenvalue weighted by molar-refractivity contribution is 9.10. The Balaban J connectivity index is 2.16. The molecule has 0 aliphatic rings. The van der Waals surface area contributed by atoms with Crippen LogP contribution < -0.4 is 5.32 Å². The number of hydrogen-bond acceptors (Lipinski definition) is 1. The van der Waals surface area contributed by atoms with E-state index in [0.717, 1.165) is 16.8 Å². The van der Waals surface area contributed by atoms with Gasteiger partial charge in [0.25, 0.3) is 0 Å². The maximum Gasteiger partial charge on any atom is 0.124 e. The van der Waals surface area contributed by atoms with Gasteiger partial charge in [0.15, 0.2) is 0 Å². The van der Waals surface area contributed by atoms with E-state index in [0.29, 0.717) is 21.1 Å². The maximum atomic E-state index is 13.2. The second-order valence-electron chi connectivity index (χ2n) is 4.21. The first-order valence-electron chi connectivity index (χ1n) is 5.60. The van der Waals surface area contributed by atoms with E-state index >= 15 is 0 Å². The van der Waals surface area contributed by atoms with Crippen molar-refractivity contribution in [2.45, 2.75) is 13.5 Å². The van der Waals surface area contributed by atoms with Crippen LogP contribution in [-0.2, 0) is 6.54 Å². The van der Waals surface area contributed by atoms with Crippen LogP contribution in [0.25, 0.3) is 0 Å². The smallest absolute Gasteiger partial charge is 0.124 e. The molecule has 5 heteroatoms. The lowest BCUT2D eigenvalue weighted by molar-refractivity contribution is 0.625. The lowest BCUT2D eigenvalue weighted by Crippen LogP contribution is -2.01. The number of anilines is 1. The van der Waals surface area contributed by atoms with Crippen molar-refractivity contribution in [1.82, 2.24) is 0 Å². The van der Waals surface area contributed by atoms with Crippen LogP contribution in [0.5, 0.6) is 0 Å². The highest BCUT2D eigenvalue weighted by atomic mass is 79.9. The first-order valence-corrected chi connectivity index (χ1v) is 7.15. The second kappa shape index (κ2) is 6.12. The van der Waals surface area contributed by atoms with Crippen LogP contribution in [0.3, 0.4) is 0 Å². The van der Waals surface area contributed by atoms with E-state index in [9.17, 15) is 4.39 Å². The van der Waals surface area contributed by atoms with Gasteiger partial charge in [0.05, 0.1) is 10.7 Å². The maximum absolute atomic E-state index is 13.2. The molecule has 1 N–H and O–H groups in total. The summed E-state index contributed by atoms with van der Waals surface area (Å²) in [5.41, 5.74) is 2.48. The quantitative estimate of drug-likeness (QED) is 0.725. The molecule has 0 spiro atoms. The Morgan fingerprint density at radius 3 is 2.53 bits per heavy atom. The minimum absolute atomic E-state index is 0.279. The molecule has 0 aliphatic carbocycles. The molecule has 19 heavy (non-hydrogen) atoms. The van der Waals surface area contributed by atoms with Gasteiger partial charge in [-0.2, -0.15) is 0 Å². The minimum atomic E-state index is -0.279. The van der Waals surface area contributed by atoms with Crippen LogP contribution in [0.4, 0.5) is 10.1 Å². The van der Waals surface area contributed by atoms with Crippen molar-refractivity contribution < 1.29 is 4.39 Å². The molecule has 0 saturated carbocycles. The third-order valence-electron chi connectivity index (χ3n) is 2.65. The van der Waals surface area contributed by atoms with Gasteiger partial charge < -0.3 is 5.32 Å². The van der Waals surface area contributed by atoms with Crippen LogP contribution >= 0.6 is 39.1 Å². The summed E-state index contributed by atoms with van der Waals surface area (Å²) < 4.78 is 14.0. The van der Waals surface area contributed by atoms with Crippen LogP contribution in [-0.4, -0.2) is 0 Å². The largest absolute Gasteiger partial charge is 0.380 e. The van der Waals surface area contributed by atoms with Crippen molar-refractivity contribution in [1.29, 1.82) is 0 Å². The van der Waals surface area contributed by atoms with Gasteiger partial charge in [-0.3, -0.25) is 0 Å². The first-order chi connectivity index (χ1) is 8.95. The molecule has 1 nitrogen and oxygen atoms in total. The topological polar surface area (TPSA) is 12.0 Å². The zero-order chi connectivity index (χ0) is 14.0. The molecule has 0 atom stereocenters. The van der Waals surface area contributed by atoms with E-state index in [4.69, 9.17) is 23.2 Å². The second-order valence-corrected chi connectivity index (χ2v) is 5.94. The molecule has 0 unspecified atom stereocenters. The Hall–Kier alpha value is -0.770. The van der Waals surface area contributed by atoms with E-state index in [2.05, 4.69) is 21.2 Å². The van der Waals surface area contributed by atoms with E-state index in [1.807, 2.05) is 13.0 Å². The first kappa shape index (κ1) is 14.6. The van der Waals surface area contributed by atoms with Crippen molar-refractivity contribution in [3.63, 3.8) is 0 Å². The number of nitrogens with one attached hydrogen (secondary N) is 1. The Bertz CT molecular complexity index is 596. The standard InChI is InChI=1S/C14H11BrCl2FN/c1-8-2-13(17)14(6-12(8)16)19-7-9-3-10(15)5-11(18)4-9/h2-6,19H,7H2,1H3. The fourth-order valence-electron chi connectivity index (χ4n) is 1.69. The summed E-state index contributed by atoms with van der Waals surface area (Å²) in [6, 6.07) is 8.31. The SMILES string of the molecule is Cc1cc(Cl)c(NCc2cc(F)cc(Br)c2)cc1Cl. The molecule has 0 aromatic heterocycles. The fourth-order valence-corrected chi connectivity index (χ4v) is 2.65. The Morgan fingerprint density at radius 1 is 1.11 bits per heavy atom. The van der Waals surface area contributed by atoms with E-state index in [1.54, 1.807) is 12.1 Å². The number of rotatable bonds is 3. The zero-order valence-electron chi connectivity index (χ0n) is 10.1. The number of aryl methyl sites for hydroxylation is 1. The molecule has 100 valence electrons. The minimum Gasteiger partial charge on any atom is -0.380 e. The van der Waals surface area contributed by atoms with Crippen LogP contribution in [0.2, 0.25) is 10.0 Å². The highest BCUT2D eigenvalue weighted by Crippen LogP contribution is 2.29. The summed E-state index contributed by atoms with van der Waals surface area (Å²) in [5, 5.41) is 4.39. The molecular weight excluding hydrogens is 352 g/mol. The summed E-state index contributed by atoms with van der Waals surface area (Å²) in [5.74, 6) is -0.279. The van der Waals surface area contributed by atoms with Gasteiger partial charge >= 0.3 is 0 Å². The van der Waals surface area contributed by atoms with Gasteiger partial charge in [0.2, 0.25) is 0 Å². The van der Waals surface area contributed by atoms with Crippen LogP contribution in [0.1, 0.15) is 11.1 Å². The van der Waals surface area contributed by atoms with E-state index in [-0.39, 0.29) is 5.82 Å². The van der Waals surface area contributed by atoms with Gasteiger partial charge in [0.1, 0.15) is 5.82 Å². The molecular formula is C14H11BrCl2FN. The summed E-state index contributed by atoms with van der Waals surface area (Å²) in [4.78, 5) is 0. The van der Waals surface area contributed by atoms with Gasteiger partial charge in [-0.05, 0) is 48.4 Å². The molecule has 2 aromatic rings. The molecule has 0 saturated heterocycles. The fraction of sp³-hybridized carbons (Fsp3) is 0.143. The van der Waals surface area contributed by atoms with E-state index < -0.39 is 0 Å². The number of halogens is 4. The monoisotopic (exact) mass is 361 g/mol. The van der Waals surface area contributed by atoms with Crippen molar-refractivity contribution >= 4 is 44.8 Å². The normalized spacial score (nSPS) is 10.6. The van der Waals surface area contributed by atoms with Crippen molar-refractivity contribution in [3.8, 4) is 0 Å². The lowest BCUT2D eigenvalue weighted by Gasteiger charge is -2.11. The third kappa shape index (κ3) is 3.85. The number of hydrogen-bond donors (Lipinski definition) is 1. The average Bonchev–Trinajstić information content (AvgIpc) is 2.31. The van der Waals surface area contributed by atoms with Crippen molar-refractivity contribution in [2.75, 3.05) is 5.32 Å². The Kier molecular flexibility index (Phi) is 4.71. The average molecular weight is 363 g/mol. The molecule has 0 amide bonds. The zero-order valence-corrected chi connectivity index (χ0v) is 13.2. The predicted octanol–water partition coefficient (Wildman–Crippen LogP) is 5.82. The van der Waals surface area contributed by atoms with Gasteiger partial charge in [0, 0.05) is 16.0 Å². The molecule has 0 heterocycles. The van der Waals surface area contributed by atoms with Crippen LogP contribution in [0, 0.1) is 12.7 Å². The summed E-state index contributed by atoms with van der Waals surface area (Å²) in [6.07, 6.45) is 0. The van der Waals surface area contributed by atoms with Crippen molar-refractivity contribution in [3.05, 3.63) is 61.8 Å². The molecule has 0 fully saturated rings. The molecule has 0 aliphatic heterocycles. The van der Waals surface area contributed by atoms with Crippen LogP contribution in [0.15, 0.2) is 34.8 Å². The summed E-state index contributed by atoms with van der Waals surface area (Å²) in [7, 11) is 0. The van der Waals surface area contributed by atoms with Crippen molar-refractivity contribution in [2.24, 2.45) is 0 Å². The summed E-state index contributed by atoms with van der Waals surface area (Å²) in [6.45, 7) is 2.36. The lowest BCUT2D eigenvalue weighted by atomic mass is 10.2. The predicted molar refractivity (Wildman–Crippen MR) is 82.6 cm³/mol.